The minimum Gasteiger partial charge on any atom is -0.493 e. The third-order valence-corrected chi connectivity index (χ3v) is 9.99. The number of hydrogen-bond acceptors (Lipinski definition) is 14. The highest BCUT2D eigenvalue weighted by molar-refractivity contribution is 5.59. The Morgan fingerprint density at radius 2 is 0.900 bits per heavy atom. The lowest BCUT2D eigenvalue weighted by molar-refractivity contribution is -0.386. The van der Waals surface area contributed by atoms with Crippen molar-refractivity contribution in [2.75, 3.05) is 51.3 Å². The van der Waals surface area contributed by atoms with Crippen LogP contribution in [-0.2, 0) is 13.1 Å². The monoisotopic (exact) mass is 816 g/mol. The van der Waals surface area contributed by atoms with E-state index in [1.165, 1.54) is 52.7 Å². The summed E-state index contributed by atoms with van der Waals surface area (Å²) >= 11 is 0. The third kappa shape index (κ3) is 9.69. The van der Waals surface area contributed by atoms with Gasteiger partial charge in [-0.1, -0.05) is 36.4 Å². The molecule has 0 bridgehead atoms. The molecule has 2 atom stereocenters. The number of aliphatic hydroxyl groups is 2. The van der Waals surface area contributed by atoms with E-state index in [0.717, 1.165) is 22.8 Å². The summed E-state index contributed by atoms with van der Waals surface area (Å²) in [6.45, 7) is 1.87. The number of benzene rings is 4. The van der Waals surface area contributed by atoms with Crippen molar-refractivity contribution in [2.24, 2.45) is 0 Å². The highest BCUT2D eigenvalue weighted by atomic mass is 16.6. The Morgan fingerprint density at radius 1 is 0.550 bits per heavy atom. The van der Waals surface area contributed by atoms with Crippen LogP contribution in [0.15, 0.2) is 122 Å². The number of rotatable bonds is 19. The Labute approximate surface area is 346 Å². The van der Waals surface area contributed by atoms with E-state index in [4.69, 9.17) is 18.9 Å². The van der Waals surface area contributed by atoms with E-state index in [0.29, 0.717) is 37.3 Å². The molecule has 2 N–H and O–H groups in total. The summed E-state index contributed by atoms with van der Waals surface area (Å²) in [6, 6.07) is 31.0. The molecular formula is C44H44N6O10. The van der Waals surface area contributed by atoms with Crippen LogP contribution in [0.25, 0.3) is 0 Å². The Balaban J connectivity index is 1.29. The van der Waals surface area contributed by atoms with Crippen LogP contribution < -0.4 is 28.7 Å². The van der Waals surface area contributed by atoms with Gasteiger partial charge in [0.2, 0.25) is 0 Å². The van der Waals surface area contributed by atoms with Crippen LogP contribution in [0, 0.1) is 20.2 Å². The van der Waals surface area contributed by atoms with Crippen LogP contribution in [0.2, 0.25) is 0 Å². The predicted octanol–water partition coefficient (Wildman–Crippen LogP) is 7.20. The number of nitro groups is 2. The van der Waals surface area contributed by atoms with Crippen molar-refractivity contribution in [3.63, 3.8) is 0 Å². The molecule has 0 aliphatic carbocycles. The summed E-state index contributed by atoms with van der Waals surface area (Å²) in [5, 5.41) is 46.8. The van der Waals surface area contributed by atoms with Gasteiger partial charge in [0.25, 0.3) is 11.4 Å². The molecule has 0 saturated heterocycles. The second-order valence-corrected chi connectivity index (χ2v) is 13.5. The number of ether oxygens (including phenoxy) is 4. The molecule has 0 aliphatic heterocycles. The van der Waals surface area contributed by atoms with Crippen molar-refractivity contribution in [1.29, 1.82) is 0 Å². The smallest absolute Gasteiger partial charge is 0.279 e. The predicted molar refractivity (Wildman–Crippen MR) is 224 cm³/mol. The first-order valence-electron chi connectivity index (χ1n) is 18.7. The Morgan fingerprint density at radius 3 is 1.20 bits per heavy atom. The molecule has 0 amide bonds. The van der Waals surface area contributed by atoms with Crippen molar-refractivity contribution >= 4 is 22.7 Å². The maximum Gasteiger partial charge on any atom is 0.279 e. The van der Waals surface area contributed by atoms with Gasteiger partial charge in [0.1, 0.15) is 12.2 Å². The summed E-state index contributed by atoms with van der Waals surface area (Å²) in [5.74, 6) is 0.843. The van der Waals surface area contributed by atoms with E-state index < -0.39 is 22.1 Å². The van der Waals surface area contributed by atoms with Gasteiger partial charge in [-0.25, -0.2) is 0 Å². The fourth-order valence-electron chi connectivity index (χ4n) is 6.83. The largest absolute Gasteiger partial charge is 0.493 e. The molecule has 16 nitrogen and oxygen atoms in total. The fourth-order valence-corrected chi connectivity index (χ4v) is 6.83. The number of aromatic nitrogens is 2. The zero-order valence-electron chi connectivity index (χ0n) is 33.4. The van der Waals surface area contributed by atoms with Gasteiger partial charge in [0.15, 0.2) is 23.0 Å². The highest BCUT2D eigenvalue weighted by Crippen LogP contribution is 2.41. The molecule has 6 aromatic rings. The fraction of sp³-hybridized carbons (Fsp3) is 0.227. The average Bonchev–Trinajstić information content (AvgIpc) is 3.29. The van der Waals surface area contributed by atoms with E-state index in [2.05, 4.69) is 19.8 Å². The maximum absolute atomic E-state index is 12.0. The Hall–Kier alpha value is -7.30. The van der Waals surface area contributed by atoms with Gasteiger partial charge in [-0.2, -0.15) is 0 Å². The summed E-state index contributed by atoms with van der Waals surface area (Å²) in [6.07, 6.45) is 0.778. The van der Waals surface area contributed by atoms with Crippen LogP contribution in [0.4, 0.5) is 22.7 Å². The molecule has 0 radical (unpaired) electrons. The van der Waals surface area contributed by atoms with E-state index in [1.54, 1.807) is 36.7 Å². The molecule has 0 spiro atoms. The van der Waals surface area contributed by atoms with E-state index in [9.17, 15) is 30.4 Å². The molecule has 4 aromatic carbocycles. The third-order valence-electron chi connectivity index (χ3n) is 9.99. The zero-order chi connectivity index (χ0) is 42.8. The summed E-state index contributed by atoms with van der Waals surface area (Å²) in [4.78, 5) is 36.3. The van der Waals surface area contributed by atoms with Gasteiger partial charge in [-0.05, 0) is 71.8 Å². The normalized spacial score (nSPS) is 11.9. The van der Waals surface area contributed by atoms with Crippen molar-refractivity contribution in [3.8, 4) is 23.0 Å². The van der Waals surface area contributed by atoms with Gasteiger partial charge in [-0.3, -0.25) is 30.2 Å². The zero-order valence-corrected chi connectivity index (χ0v) is 33.4. The molecule has 0 aliphatic rings. The minimum atomic E-state index is -1.34. The minimum absolute atomic E-state index is 0.0568. The number of nitrogens with zero attached hydrogens (tertiary/aromatic N) is 6. The van der Waals surface area contributed by atoms with Crippen LogP contribution in [0.5, 0.6) is 23.0 Å². The van der Waals surface area contributed by atoms with Crippen molar-refractivity contribution in [1.82, 2.24) is 9.97 Å². The Kier molecular flexibility index (Phi) is 13.7. The second-order valence-electron chi connectivity index (χ2n) is 13.5. The lowest BCUT2D eigenvalue weighted by Crippen LogP contribution is -2.35. The first-order chi connectivity index (χ1) is 29.0. The molecule has 16 heteroatoms. The quantitative estimate of drug-likeness (QED) is 0.0615. The molecule has 0 saturated carbocycles. The SMILES string of the molecule is COc1cc(C(O)c2ccc(N(CCN(Cc3ccccn3)c3ccc(C(O)c4cc(OC)c(OC)cc4[N+](=O)[O-])cc3)Cc3ccccn3)cc2)c([N+](=O)[O-])cc1OC. The van der Waals surface area contributed by atoms with E-state index in [-0.39, 0.29) is 45.5 Å². The standard InChI is InChI=1S/C44H44N6O10/c1-57-39-23-35(37(49(53)54)25-41(39)59-3)43(51)29-11-15-33(16-12-29)47(27-31-9-5-7-19-45-31)21-22-48(28-32-10-6-8-20-46-32)34-17-13-30(14-18-34)44(52)36-24-40(58-2)42(60-4)26-38(36)50(55)56/h5-20,23-26,43-44,51-52H,21-22,27-28H2,1-4H3. The van der Waals surface area contributed by atoms with Crippen LogP contribution in [0.3, 0.4) is 0 Å². The summed E-state index contributed by atoms with van der Waals surface area (Å²) in [7, 11) is 5.59. The second kappa shape index (κ2) is 19.4. The average molecular weight is 817 g/mol. The number of methoxy groups -OCH3 is 4. The van der Waals surface area contributed by atoms with Gasteiger partial charge in [-0.15, -0.1) is 0 Å². The molecule has 0 fully saturated rings. The molecule has 2 unspecified atom stereocenters. The van der Waals surface area contributed by atoms with Gasteiger partial charge < -0.3 is 39.0 Å². The molecule has 6 rings (SSSR count). The van der Waals surface area contributed by atoms with Crippen molar-refractivity contribution in [3.05, 3.63) is 175 Å². The van der Waals surface area contributed by atoms with Crippen LogP contribution >= 0.6 is 0 Å². The van der Waals surface area contributed by atoms with Crippen molar-refractivity contribution in [2.45, 2.75) is 25.3 Å². The van der Waals surface area contributed by atoms with Crippen LogP contribution in [0.1, 0.15) is 45.8 Å². The topological polar surface area (TPSA) is 196 Å². The molecule has 2 heterocycles. The van der Waals surface area contributed by atoms with E-state index in [1.807, 2.05) is 60.7 Å². The van der Waals surface area contributed by atoms with E-state index >= 15 is 0 Å². The first kappa shape index (κ1) is 42.3. The van der Waals surface area contributed by atoms with Gasteiger partial charge in [0.05, 0.1) is 86.0 Å². The maximum atomic E-state index is 12.0. The molecule has 60 heavy (non-hydrogen) atoms. The lowest BCUT2D eigenvalue weighted by Gasteiger charge is -2.31. The number of pyridine rings is 2. The highest BCUT2D eigenvalue weighted by Gasteiger charge is 2.28. The number of nitro benzene ring substituents is 2. The lowest BCUT2D eigenvalue weighted by atomic mass is 9.98. The number of aliphatic hydroxyl groups excluding tert-OH is 2. The van der Waals surface area contributed by atoms with Crippen LogP contribution in [-0.4, -0.2) is 71.6 Å². The van der Waals surface area contributed by atoms with Gasteiger partial charge in [0, 0.05) is 36.9 Å². The number of hydrogen-bond donors (Lipinski definition) is 2. The van der Waals surface area contributed by atoms with Gasteiger partial charge >= 0.3 is 0 Å². The molecule has 310 valence electrons. The molecular weight excluding hydrogens is 773 g/mol. The molecule has 2 aromatic heterocycles. The Bertz CT molecular complexity index is 2220. The summed E-state index contributed by atoms with van der Waals surface area (Å²) < 4.78 is 21.2. The number of anilines is 2. The van der Waals surface area contributed by atoms with Crippen molar-refractivity contribution < 1.29 is 39.0 Å². The summed E-state index contributed by atoms with van der Waals surface area (Å²) in [5.41, 5.74) is 3.63. The first-order valence-corrected chi connectivity index (χ1v) is 18.7.